The van der Waals surface area contributed by atoms with Crippen LogP contribution in [0.4, 0.5) is 4.39 Å². The van der Waals surface area contributed by atoms with Crippen molar-refractivity contribution < 1.29 is 4.39 Å². The molecule has 0 atom stereocenters. The number of nitrogens with one attached hydrogen (secondary N) is 1. The first-order valence-electron chi connectivity index (χ1n) is 9.71. The Kier molecular flexibility index (Phi) is 5.46. The van der Waals surface area contributed by atoms with Gasteiger partial charge in [-0.25, -0.2) is 4.39 Å². The van der Waals surface area contributed by atoms with Gasteiger partial charge in [0.15, 0.2) is 0 Å². The van der Waals surface area contributed by atoms with Gasteiger partial charge in [0.2, 0.25) is 4.77 Å². The van der Waals surface area contributed by atoms with Crippen LogP contribution in [0.25, 0.3) is 28.1 Å². The van der Waals surface area contributed by atoms with Crippen molar-refractivity contribution in [2.75, 3.05) is 0 Å². The number of fused-ring (bicyclic) bond motifs is 1. The molecule has 30 heavy (non-hydrogen) atoms. The number of nitrogens with zero attached hydrogens (tertiary/aromatic N) is 4. The summed E-state index contributed by atoms with van der Waals surface area (Å²) in [4.78, 5) is 0. The van der Waals surface area contributed by atoms with E-state index in [4.69, 9.17) is 12.2 Å². The minimum atomic E-state index is -0.247. The lowest BCUT2D eigenvalue weighted by Gasteiger charge is -2.13. The molecule has 0 spiro atoms. The molecule has 0 aliphatic carbocycles. The van der Waals surface area contributed by atoms with Gasteiger partial charge in [0.25, 0.3) is 0 Å². The van der Waals surface area contributed by atoms with Crippen molar-refractivity contribution in [3.8, 4) is 11.1 Å². The molecule has 4 rings (SSSR count). The van der Waals surface area contributed by atoms with E-state index in [1.807, 2.05) is 43.3 Å². The van der Waals surface area contributed by atoms with Crippen LogP contribution in [0.3, 0.4) is 0 Å². The Hall–Kier alpha value is -3.32. The van der Waals surface area contributed by atoms with Crippen LogP contribution in [-0.4, -0.2) is 25.7 Å². The molecule has 0 unspecified atom stereocenters. The van der Waals surface area contributed by atoms with Gasteiger partial charge in [0, 0.05) is 34.4 Å². The van der Waals surface area contributed by atoms with Gasteiger partial charge in [-0.2, -0.15) is 14.9 Å². The standard InChI is InChI=1S/C23H22FN5S/c1-15(2)28-20-8-5-4-7-19(20)22(17-10-12-18(24)13-11-17)21(28)9-6-14-25-29-16(3)26-27-23(29)30/h4-15H,1-3H3,(H,27,30)/b9-6+,25-14+. The number of benzene rings is 2. The highest BCUT2D eigenvalue weighted by Gasteiger charge is 2.18. The van der Waals surface area contributed by atoms with Crippen molar-refractivity contribution in [3.05, 3.63) is 76.7 Å². The minimum Gasteiger partial charge on any atom is -0.338 e. The van der Waals surface area contributed by atoms with E-state index >= 15 is 0 Å². The van der Waals surface area contributed by atoms with E-state index in [-0.39, 0.29) is 11.9 Å². The first-order valence-corrected chi connectivity index (χ1v) is 10.1. The molecular weight excluding hydrogens is 397 g/mol. The smallest absolute Gasteiger partial charge is 0.216 e. The minimum absolute atomic E-state index is 0.241. The highest BCUT2D eigenvalue weighted by atomic mass is 32.1. The van der Waals surface area contributed by atoms with E-state index in [9.17, 15) is 4.39 Å². The van der Waals surface area contributed by atoms with E-state index in [1.54, 1.807) is 10.9 Å². The van der Waals surface area contributed by atoms with Gasteiger partial charge >= 0.3 is 0 Å². The first-order chi connectivity index (χ1) is 14.5. The maximum Gasteiger partial charge on any atom is 0.216 e. The average Bonchev–Trinajstić information content (AvgIpc) is 3.23. The second-order valence-electron chi connectivity index (χ2n) is 7.26. The topological polar surface area (TPSA) is 50.9 Å². The summed E-state index contributed by atoms with van der Waals surface area (Å²) in [5.74, 6) is 0.441. The zero-order valence-electron chi connectivity index (χ0n) is 17.0. The number of allylic oxidation sites excluding steroid dienone is 1. The number of aromatic amines is 1. The quantitative estimate of drug-likeness (QED) is 0.312. The van der Waals surface area contributed by atoms with E-state index < -0.39 is 0 Å². The number of aromatic nitrogens is 4. The summed E-state index contributed by atoms with van der Waals surface area (Å²) in [5.41, 5.74) is 4.21. The zero-order chi connectivity index (χ0) is 21.3. The molecule has 7 heteroatoms. The zero-order valence-corrected chi connectivity index (χ0v) is 17.8. The Morgan fingerprint density at radius 3 is 2.53 bits per heavy atom. The number of aryl methyl sites for hydroxylation is 1. The van der Waals surface area contributed by atoms with Crippen molar-refractivity contribution >= 4 is 35.4 Å². The fraction of sp³-hybridized carbons (Fsp3) is 0.174. The normalized spacial score (nSPS) is 12.2. The SMILES string of the molecule is Cc1n[nH]c(=S)n1/N=C/C=C/c1c(-c2ccc(F)cc2)c2ccccc2n1C(C)C. The number of rotatable bonds is 5. The largest absolute Gasteiger partial charge is 0.338 e. The molecule has 0 amide bonds. The summed E-state index contributed by atoms with van der Waals surface area (Å²) in [6.45, 7) is 6.14. The van der Waals surface area contributed by atoms with Gasteiger partial charge in [-0.1, -0.05) is 30.3 Å². The first kappa shape index (κ1) is 20.0. The van der Waals surface area contributed by atoms with Crippen molar-refractivity contribution in [2.24, 2.45) is 5.10 Å². The van der Waals surface area contributed by atoms with Crippen molar-refractivity contribution in [1.82, 2.24) is 19.4 Å². The van der Waals surface area contributed by atoms with Gasteiger partial charge in [-0.15, -0.1) is 0 Å². The highest BCUT2D eigenvalue weighted by molar-refractivity contribution is 7.71. The summed E-state index contributed by atoms with van der Waals surface area (Å²) in [6.07, 6.45) is 5.60. The predicted octanol–water partition coefficient (Wildman–Crippen LogP) is 6.14. The van der Waals surface area contributed by atoms with Gasteiger partial charge < -0.3 is 4.57 Å². The molecular formula is C23H22FN5S. The molecule has 0 radical (unpaired) electrons. The van der Waals surface area contributed by atoms with Crippen LogP contribution in [0.1, 0.15) is 31.4 Å². The van der Waals surface area contributed by atoms with Crippen molar-refractivity contribution in [3.63, 3.8) is 0 Å². The molecule has 0 aliphatic rings. The van der Waals surface area contributed by atoms with Gasteiger partial charge in [-0.05, 0) is 68.9 Å². The summed E-state index contributed by atoms with van der Waals surface area (Å²) in [5, 5.41) is 12.3. The molecule has 0 saturated heterocycles. The molecule has 2 aromatic carbocycles. The monoisotopic (exact) mass is 419 g/mol. The lowest BCUT2D eigenvalue weighted by molar-refractivity contribution is 0.619. The lowest BCUT2D eigenvalue weighted by Crippen LogP contribution is -2.03. The number of H-pyrrole nitrogens is 1. The maximum atomic E-state index is 13.5. The Morgan fingerprint density at radius 1 is 1.13 bits per heavy atom. The molecule has 2 aromatic heterocycles. The highest BCUT2D eigenvalue weighted by Crippen LogP contribution is 2.37. The molecule has 152 valence electrons. The van der Waals surface area contributed by atoms with E-state index in [0.29, 0.717) is 10.6 Å². The Morgan fingerprint density at radius 2 is 1.87 bits per heavy atom. The molecule has 1 N–H and O–H groups in total. The van der Waals surface area contributed by atoms with E-state index in [1.165, 1.54) is 12.1 Å². The molecule has 5 nitrogen and oxygen atoms in total. The fourth-order valence-corrected chi connectivity index (χ4v) is 3.89. The number of hydrogen-bond acceptors (Lipinski definition) is 3. The third kappa shape index (κ3) is 3.64. The van der Waals surface area contributed by atoms with Crippen LogP contribution in [-0.2, 0) is 0 Å². The molecule has 4 aromatic rings. The maximum absolute atomic E-state index is 13.5. The lowest BCUT2D eigenvalue weighted by atomic mass is 10.0. The molecule has 2 heterocycles. The summed E-state index contributed by atoms with van der Waals surface area (Å²) in [7, 11) is 0. The fourth-order valence-electron chi connectivity index (χ4n) is 3.67. The van der Waals surface area contributed by atoms with Gasteiger partial charge in [-0.3, -0.25) is 5.10 Å². The van der Waals surface area contributed by atoms with Crippen molar-refractivity contribution in [2.45, 2.75) is 26.8 Å². The van der Waals surface area contributed by atoms with Crippen LogP contribution < -0.4 is 0 Å². The molecule has 0 aliphatic heterocycles. The number of hydrogen-bond donors (Lipinski definition) is 1. The third-order valence-electron chi connectivity index (χ3n) is 4.93. The average molecular weight is 420 g/mol. The second kappa shape index (κ2) is 8.20. The van der Waals surface area contributed by atoms with Crippen LogP contribution >= 0.6 is 12.2 Å². The number of para-hydroxylation sites is 1. The summed E-state index contributed by atoms with van der Waals surface area (Å²) < 4.78 is 17.8. The van der Waals surface area contributed by atoms with Crippen LogP contribution in [0.5, 0.6) is 0 Å². The Bertz CT molecular complexity index is 1310. The molecule has 0 saturated carbocycles. The molecule has 0 fully saturated rings. The Balaban J connectivity index is 1.87. The number of halogens is 1. The van der Waals surface area contributed by atoms with Crippen LogP contribution in [0.2, 0.25) is 0 Å². The van der Waals surface area contributed by atoms with Crippen LogP contribution in [0, 0.1) is 17.5 Å². The van der Waals surface area contributed by atoms with Crippen molar-refractivity contribution in [1.29, 1.82) is 0 Å². The van der Waals surface area contributed by atoms with Gasteiger partial charge in [0.1, 0.15) is 11.6 Å². The third-order valence-corrected chi connectivity index (χ3v) is 5.20. The predicted molar refractivity (Wildman–Crippen MR) is 123 cm³/mol. The molecule has 0 bridgehead atoms. The Labute approximate surface area is 179 Å². The summed E-state index contributed by atoms with van der Waals surface area (Å²) in [6, 6.07) is 15.2. The van der Waals surface area contributed by atoms with Crippen LogP contribution in [0.15, 0.2) is 59.7 Å². The second-order valence-corrected chi connectivity index (χ2v) is 7.65. The van der Waals surface area contributed by atoms with E-state index in [2.05, 4.69) is 45.8 Å². The summed E-state index contributed by atoms with van der Waals surface area (Å²) >= 11 is 5.18. The van der Waals surface area contributed by atoms with Gasteiger partial charge in [0.05, 0.1) is 0 Å². The van der Waals surface area contributed by atoms with E-state index in [0.717, 1.165) is 27.7 Å².